The number of rotatable bonds is 5. The Balaban J connectivity index is 1.60. The Kier molecular flexibility index (Phi) is 7.27. The van der Waals surface area contributed by atoms with Crippen LogP contribution >= 0.6 is 0 Å². The molecule has 1 N–H and O–H groups in total. The lowest BCUT2D eigenvalue weighted by Crippen LogP contribution is -2.30. The highest BCUT2D eigenvalue weighted by Crippen LogP contribution is 2.22. The molecule has 7 nitrogen and oxygen atoms in total. The number of benzene rings is 1. The molecule has 1 aromatic heterocycles. The van der Waals surface area contributed by atoms with Crippen LogP contribution in [-0.4, -0.2) is 46.8 Å². The zero-order valence-electron chi connectivity index (χ0n) is 18.4. The topological polar surface area (TPSA) is 69.5 Å². The summed E-state index contributed by atoms with van der Waals surface area (Å²) in [6.07, 6.45) is 9.68. The fourth-order valence-electron chi connectivity index (χ4n) is 4.12. The van der Waals surface area contributed by atoms with Gasteiger partial charge in [-0.05, 0) is 50.3 Å². The lowest BCUT2D eigenvalue weighted by Gasteiger charge is -2.24. The summed E-state index contributed by atoms with van der Waals surface area (Å²) in [7, 11) is 0. The smallest absolute Gasteiger partial charge is 0.250 e. The standard InChI is InChI=1S/C23H32FN7/c1-18(19-10-12-20(24)13-11-19)28-29-21-25-22(30-14-6-2-3-7-15-30)27-23(26-21)31-16-8-4-5-9-17-31/h10-13H,2-9,14-17H2,1H3,(H,25,26,27,29). The maximum absolute atomic E-state index is 13.2. The lowest BCUT2D eigenvalue weighted by atomic mass is 10.1. The molecule has 8 heteroatoms. The number of hydrogen-bond donors (Lipinski definition) is 1. The summed E-state index contributed by atoms with van der Waals surface area (Å²) in [5.41, 5.74) is 4.62. The Morgan fingerprint density at radius 1 is 0.774 bits per heavy atom. The minimum atomic E-state index is -0.258. The molecular formula is C23H32FN7. The Morgan fingerprint density at radius 2 is 1.26 bits per heavy atom. The molecule has 0 aliphatic carbocycles. The first-order valence-electron chi connectivity index (χ1n) is 11.5. The molecule has 0 bridgehead atoms. The zero-order chi connectivity index (χ0) is 21.5. The van der Waals surface area contributed by atoms with Gasteiger partial charge in [0, 0.05) is 26.2 Å². The second-order valence-electron chi connectivity index (χ2n) is 8.38. The molecule has 31 heavy (non-hydrogen) atoms. The van der Waals surface area contributed by atoms with Gasteiger partial charge < -0.3 is 9.80 Å². The minimum Gasteiger partial charge on any atom is -0.341 e. The van der Waals surface area contributed by atoms with Crippen LogP contribution in [-0.2, 0) is 0 Å². The van der Waals surface area contributed by atoms with Crippen LogP contribution < -0.4 is 15.2 Å². The van der Waals surface area contributed by atoms with Crippen LogP contribution in [0, 0.1) is 5.82 Å². The quantitative estimate of drug-likeness (QED) is 0.557. The number of hydrazone groups is 1. The van der Waals surface area contributed by atoms with Gasteiger partial charge in [-0.3, -0.25) is 0 Å². The van der Waals surface area contributed by atoms with E-state index in [2.05, 4.69) is 20.3 Å². The van der Waals surface area contributed by atoms with Crippen LogP contribution in [0.2, 0.25) is 0 Å². The number of aromatic nitrogens is 3. The van der Waals surface area contributed by atoms with Gasteiger partial charge in [-0.15, -0.1) is 0 Å². The van der Waals surface area contributed by atoms with E-state index in [1.165, 1.54) is 37.8 Å². The third-order valence-corrected chi connectivity index (χ3v) is 5.98. The van der Waals surface area contributed by atoms with Crippen molar-refractivity contribution in [1.82, 2.24) is 15.0 Å². The molecule has 2 saturated heterocycles. The van der Waals surface area contributed by atoms with E-state index in [1.807, 2.05) is 6.92 Å². The van der Waals surface area contributed by atoms with Crippen LogP contribution in [0.15, 0.2) is 29.4 Å². The van der Waals surface area contributed by atoms with Crippen LogP contribution in [0.1, 0.15) is 63.9 Å². The number of halogens is 1. The van der Waals surface area contributed by atoms with E-state index in [0.717, 1.165) is 75.0 Å². The molecule has 2 aliphatic heterocycles. The first kappa shape index (κ1) is 21.5. The third-order valence-electron chi connectivity index (χ3n) is 5.98. The Morgan fingerprint density at radius 3 is 1.74 bits per heavy atom. The van der Waals surface area contributed by atoms with E-state index < -0.39 is 0 Å². The van der Waals surface area contributed by atoms with E-state index in [0.29, 0.717) is 5.95 Å². The fourth-order valence-corrected chi connectivity index (χ4v) is 4.12. The first-order chi connectivity index (χ1) is 15.2. The summed E-state index contributed by atoms with van der Waals surface area (Å²) in [4.78, 5) is 18.8. The van der Waals surface area contributed by atoms with Gasteiger partial charge in [-0.2, -0.15) is 20.1 Å². The van der Waals surface area contributed by atoms with Gasteiger partial charge in [-0.1, -0.05) is 37.8 Å². The molecule has 0 atom stereocenters. The van der Waals surface area contributed by atoms with Gasteiger partial charge in [-0.25, -0.2) is 9.82 Å². The van der Waals surface area contributed by atoms with Crippen LogP contribution in [0.4, 0.5) is 22.2 Å². The summed E-state index contributed by atoms with van der Waals surface area (Å²) in [5, 5.41) is 4.46. The number of anilines is 3. The molecule has 4 rings (SSSR count). The van der Waals surface area contributed by atoms with Crippen molar-refractivity contribution in [2.75, 3.05) is 41.4 Å². The Bertz CT molecular complexity index is 830. The molecule has 166 valence electrons. The van der Waals surface area contributed by atoms with Crippen molar-refractivity contribution in [3.8, 4) is 0 Å². The average molecular weight is 426 g/mol. The van der Waals surface area contributed by atoms with Crippen LogP contribution in [0.25, 0.3) is 0 Å². The Labute approximate surface area is 183 Å². The van der Waals surface area contributed by atoms with Crippen molar-refractivity contribution in [2.24, 2.45) is 5.10 Å². The summed E-state index contributed by atoms with van der Waals surface area (Å²) >= 11 is 0. The number of nitrogens with one attached hydrogen (secondary N) is 1. The highest BCUT2D eigenvalue weighted by molar-refractivity contribution is 5.98. The van der Waals surface area contributed by atoms with Crippen molar-refractivity contribution in [3.05, 3.63) is 35.6 Å². The molecule has 0 spiro atoms. The summed E-state index contributed by atoms with van der Waals surface area (Å²) in [6.45, 7) is 5.77. The van der Waals surface area contributed by atoms with Gasteiger partial charge in [0.05, 0.1) is 5.71 Å². The molecule has 0 radical (unpaired) electrons. The second kappa shape index (κ2) is 10.5. The highest BCUT2D eigenvalue weighted by atomic mass is 19.1. The van der Waals surface area contributed by atoms with Gasteiger partial charge in [0.15, 0.2) is 0 Å². The fraction of sp³-hybridized carbons (Fsp3) is 0.565. The largest absolute Gasteiger partial charge is 0.341 e. The number of nitrogens with zero attached hydrogens (tertiary/aromatic N) is 6. The maximum Gasteiger partial charge on any atom is 0.250 e. The van der Waals surface area contributed by atoms with Crippen LogP contribution in [0.3, 0.4) is 0 Å². The predicted octanol–water partition coefficient (Wildman–Crippen LogP) is 4.61. The van der Waals surface area contributed by atoms with Crippen LogP contribution in [0.5, 0.6) is 0 Å². The summed E-state index contributed by atoms with van der Waals surface area (Å²) in [6, 6.07) is 6.31. The van der Waals surface area contributed by atoms with Gasteiger partial charge in [0.25, 0.3) is 0 Å². The van der Waals surface area contributed by atoms with Crippen molar-refractivity contribution in [3.63, 3.8) is 0 Å². The van der Waals surface area contributed by atoms with E-state index in [9.17, 15) is 4.39 Å². The monoisotopic (exact) mass is 425 g/mol. The SMILES string of the molecule is CC(=NNc1nc(N2CCCCCC2)nc(N2CCCCCC2)n1)c1ccc(F)cc1. The first-order valence-corrected chi connectivity index (χ1v) is 11.5. The zero-order valence-corrected chi connectivity index (χ0v) is 18.4. The Hall–Kier alpha value is -2.77. The lowest BCUT2D eigenvalue weighted by molar-refractivity contribution is 0.628. The molecule has 1 aromatic carbocycles. The van der Waals surface area contributed by atoms with E-state index >= 15 is 0 Å². The van der Waals surface area contributed by atoms with Gasteiger partial charge in [0.1, 0.15) is 5.82 Å². The van der Waals surface area contributed by atoms with Gasteiger partial charge >= 0.3 is 0 Å². The molecule has 0 unspecified atom stereocenters. The van der Waals surface area contributed by atoms with Gasteiger partial charge in [0.2, 0.25) is 17.8 Å². The molecular weight excluding hydrogens is 393 g/mol. The molecule has 2 aromatic rings. The minimum absolute atomic E-state index is 0.258. The van der Waals surface area contributed by atoms with E-state index in [1.54, 1.807) is 12.1 Å². The molecule has 2 aliphatic rings. The van der Waals surface area contributed by atoms with E-state index in [-0.39, 0.29) is 5.82 Å². The highest BCUT2D eigenvalue weighted by Gasteiger charge is 2.19. The predicted molar refractivity (Wildman–Crippen MR) is 123 cm³/mol. The molecule has 0 saturated carbocycles. The average Bonchev–Trinajstić information content (AvgIpc) is 3.23. The maximum atomic E-state index is 13.2. The van der Waals surface area contributed by atoms with Crippen molar-refractivity contribution in [2.45, 2.75) is 58.3 Å². The number of hydrogen-bond acceptors (Lipinski definition) is 7. The van der Waals surface area contributed by atoms with Crippen molar-refractivity contribution < 1.29 is 4.39 Å². The molecule has 0 amide bonds. The summed E-state index contributed by atoms with van der Waals surface area (Å²) in [5.74, 6) is 1.66. The summed E-state index contributed by atoms with van der Waals surface area (Å²) < 4.78 is 13.2. The molecule has 2 fully saturated rings. The third kappa shape index (κ3) is 5.89. The van der Waals surface area contributed by atoms with Crippen molar-refractivity contribution >= 4 is 23.6 Å². The second-order valence-corrected chi connectivity index (χ2v) is 8.38. The van der Waals surface area contributed by atoms with E-state index in [4.69, 9.17) is 15.0 Å². The van der Waals surface area contributed by atoms with Crippen molar-refractivity contribution in [1.29, 1.82) is 0 Å². The normalized spacial score (nSPS) is 18.5. The molecule has 3 heterocycles.